The number of benzene rings is 1. The van der Waals surface area contributed by atoms with Crippen molar-refractivity contribution in [1.29, 1.82) is 0 Å². The largest absolute Gasteiger partial charge is 0.384 e. The van der Waals surface area contributed by atoms with Crippen LogP contribution in [0, 0.1) is 0 Å². The first-order valence-corrected chi connectivity index (χ1v) is 13.8. The standard InChI is InChI=1S/C27H39N5OS/c1-4-31-26(34-32(20(2)3)27(31)33)29-19-13-7-5-6-12-18-28-25-21-14-8-10-16-23(21)30-24-17-11-9-15-22(24)25/h8,10,14,16,20H,4-7,9,11-13,15,17-19H2,1-3H3,(H,28,30). The molecule has 0 bridgehead atoms. The van der Waals surface area contributed by atoms with Gasteiger partial charge in [-0.1, -0.05) is 37.5 Å². The molecule has 184 valence electrons. The fourth-order valence-corrected chi connectivity index (χ4v) is 5.84. The number of nitrogens with zero attached hydrogens (tertiary/aromatic N) is 4. The number of nitrogens with one attached hydrogen (secondary N) is 1. The number of hydrogen-bond acceptors (Lipinski definition) is 5. The lowest BCUT2D eigenvalue weighted by atomic mass is 9.92. The Morgan fingerprint density at radius 3 is 2.68 bits per heavy atom. The summed E-state index contributed by atoms with van der Waals surface area (Å²) < 4.78 is 3.61. The molecule has 0 unspecified atom stereocenters. The maximum absolute atomic E-state index is 12.4. The number of pyridine rings is 1. The highest BCUT2D eigenvalue weighted by molar-refractivity contribution is 7.03. The van der Waals surface area contributed by atoms with Gasteiger partial charge in [0.15, 0.2) is 0 Å². The molecular formula is C27H39N5OS. The first kappa shape index (κ1) is 24.7. The molecule has 2 heterocycles. The Labute approximate surface area is 206 Å². The van der Waals surface area contributed by atoms with Gasteiger partial charge in [0.2, 0.25) is 4.80 Å². The molecule has 1 aliphatic carbocycles. The quantitative estimate of drug-likeness (QED) is 0.357. The van der Waals surface area contributed by atoms with Crippen LogP contribution in [-0.2, 0) is 19.4 Å². The minimum absolute atomic E-state index is 0.0667. The number of unbranched alkanes of at least 4 members (excludes halogenated alkanes) is 4. The van der Waals surface area contributed by atoms with Crippen molar-refractivity contribution in [3.8, 4) is 0 Å². The van der Waals surface area contributed by atoms with Crippen molar-refractivity contribution in [3.05, 3.63) is 50.8 Å². The number of aromatic nitrogens is 3. The van der Waals surface area contributed by atoms with Gasteiger partial charge in [0.1, 0.15) is 0 Å². The van der Waals surface area contributed by atoms with Crippen molar-refractivity contribution in [2.45, 2.75) is 91.1 Å². The molecule has 7 heteroatoms. The summed E-state index contributed by atoms with van der Waals surface area (Å²) in [6.07, 6.45) is 10.7. The zero-order valence-corrected chi connectivity index (χ0v) is 21.8. The third-order valence-electron chi connectivity index (χ3n) is 6.67. The molecule has 0 radical (unpaired) electrons. The third-order valence-corrected chi connectivity index (χ3v) is 7.96. The Kier molecular flexibility index (Phi) is 8.59. The zero-order chi connectivity index (χ0) is 23.9. The fourth-order valence-electron chi connectivity index (χ4n) is 4.82. The molecule has 0 aliphatic heterocycles. The highest BCUT2D eigenvalue weighted by atomic mass is 32.1. The van der Waals surface area contributed by atoms with E-state index in [1.807, 2.05) is 24.7 Å². The molecule has 3 aromatic rings. The Balaban J connectivity index is 1.23. The van der Waals surface area contributed by atoms with Gasteiger partial charge in [-0.3, -0.25) is 14.5 Å². The molecule has 0 saturated carbocycles. The van der Waals surface area contributed by atoms with Crippen LogP contribution in [0.2, 0.25) is 0 Å². The summed E-state index contributed by atoms with van der Waals surface area (Å²) in [5.41, 5.74) is 5.26. The van der Waals surface area contributed by atoms with E-state index in [-0.39, 0.29) is 11.7 Å². The van der Waals surface area contributed by atoms with Crippen LogP contribution in [0.25, 0.3) is 10.9 Å². The van der Waals surface area contributed by atoms with Gasteiger partial charge in [0, 0.05) is 42.4 Å². The maximum atomic E-state index is 12.4. The van der Waals surface area contributed by atoms with E-state index >= 15 is 0 Å². The van der Waals surface area contributed by atoms with Crippen molar-refractivity contribution in [3.63, 3.8) is 0 Å². The maximum Gasteiger partial charge on any atom is 0.340 e. The second-order valence-corrected chi connectivity index (χ2v) is 10.5. The number of fused-ring (bicyclic) bond motifs is 2. The summed E-state index contributed by atoms with van der Waals surface area (Å²) in [6.45, 7) is 8.58. The van der Waals surface area contributed by atoms with Gasteiger partial charge in [0.25, 0.3) is 0 Å². The number of para-hydroxylation sites is 1. The van der Waals surface area contributed by atoms with Gasteiger partial charge >= 0.3 is 5.69 Å². The van der Waals surface area contributed by atoms with Crippen molar-refractivity contribution in [2.75, 3.05) is 18.4 Å². The summed E-state index contributed by atoms with van der Waals surface area (Å²) in [5.74, 6) is 0. The molecule has 0 amide bonds. The first-order valence-electron chi connectivity index (χ1n) is 13.1. The van der Waals surface area contributed by atoms with E-state index in [2.05, 4.69) is 29.6 Å². The molecule has 2 aromatic heterocycles. The van der Waals surface area contributed by atoms with E-state index in [9.17, 15) is 4.79 Å². The Hall–Kier alpha value is -2.41. The molecule has 0 spiro atoms. The highest BCUT2D eigenvalue weighted by Gasteiger charge is 2.17. The number of anilines is 1. The highest BCUT2D eigenvalue weighted by Crippen LogP contribution is 2.33. The second-order valence-electron chi connectivity index (χ2n) is 9.53. The summed E-state index contributed by atoms with van der Waals surface area (Å²) in [6, 6.07) is 8.73. The minimum Gasteiger partial charge on any atom is -0.384 e. The lowest BCUT2D eigenvalue weighted by Crippen LogP contribution is -2.29. The van der Waals surface area contributed by atoms with E-state index in [0.29, 0.717) is 6.54 Å². The van der Waals surface area contributed by atoms with Gasteiger partial charge in [-0.15, -0.1) is 0 Å². The summed E-state index contributed by atoms with van der Waals surface area (Å²) in [7, 11) is 0. The summed E-state index contributed by atoms with van der Waals surface area (Å²) in [5, 5.41) is 5.04. The molecule has 1 aliphatic rings. The van der Waals surface area contributed by atoms with Crippen LogP contribution >= 0.6 is 11.5 Å². The molecule has 34 heavy (non-hydrogen) atoms. The average molecular weight is 482 g/mol. The predicted octanol–water partition coefficient (Wildman–Crippen LogP) is 5.70. The van der Waals surface area contributed by atoms with Crippen molar-refractivity contribution >= 4 is 28.1 Å². The first-order chi connectivity index (χ1) is 16.6. The number of aryl methyl sites for hydroxylation is 1. The molecule has 1 N–H and O–H groups in total. The number of hydrogen-bond donors (Lipinski definition) is 1. The normalized spacial score (nSPS) is 14.2. The molecule has 0 atom stereocenters. The van der Waals surface area contributed by atoms with E-state index in [1.54, 1.807) is 4.57 Å². The lowest BCUT2D eigenvalue weighted by Gasteiger charge is -2.21. The predicted molar refractivity (Wildman–Crippen MR) is 143 cm³/mol. The Morgan fingerprint density at radius 1 is 1.09 bits per heavy atom. The molecule has 0 saturated heterocycles. The van der Waals surface area contributed by atoms with Gasteiger partial charge in [-0.25, -0.2) is 8.75 Å². The van der Waals surface area contributed by atoms with Crippen LogP contribution in [-0.4, -0.2) is 26.6 Å². The molecular weight excluding hydrogens is 442 g/mol. The van der Waals surface area contributed by atoms with Crippen molar-refractivity contribution in [1.82, 2.24) is 13.5 Å². The minimum atomic E-state index is 0.0667. The fraction of sp³-hybridized carbons (Fsp3) is 0.593. The Morgan fingerprint density at radius 2 is 1.85 bits per heavy atom. The van der Waals surface area contributed by atoms with E-state index < -0.39 is 0 Å². The van der Waals surface area contributed by atoms with Crippen LogP contribution in [0.5, 0.6) is 0 Å². The van der Waals surface area contributed by atoms with Gasteiger partial charge in [-0.05, 0) is 82.5 Å². The Bertz CT molecular complexity index is 1220. The topological polar surface area (TPSA) is 64.2 Å². The molecule has 6 nitrogen and oxygen atoms in total. The van der Waals surface area contributed by atoms with Crippen LogP contribution in [0.1, 0.15) is 83.0 Å². The van der Waals surface area contributed by atoms with Gasteiger partial charge < -0.3 is 5.32 Å². The SMILES string of the molecule is CCn1c(=NCCCCCCCNc2c3c(nc4ccccc24)CCCC3)sn(C(C)C)c1=O. The van der Waals surface area contributed by atoms with Crippen LogP contribution in [0.15, 0.2) is 34.1 Å². The molecule has 1 aromatic carbocycles. The van der Waals surface area contributed by atoms with Crippen LogP contribution in [0.4, 0.5) is 5.69 Å². The lowest BCUT2D eigenvalue weighted by molar-refractivity contribution is 0.576. The van der Waals surface area contributed by atoms with Gasteiger partial charge in [-0.2, -0.15) is 0 Å². The molecule has 4 rings (SSSR count). The monoisotopic (exact) mass is 481 g/mol. The second kappa shape index (κ2) is 11.8. The van der Waals surface area contributed by atoms with E-state index in [4.69, 9.17) is 9.98 Å². The van der Waals surface area contributed by atoms with Crippen LogP contribution in [0.3, 0.4) is 0 Å². The van der Waals surface area contributed by atoms with E-state index in [1.165, 1.54) is 72.4 Å². The third kappa shape index (κ3) is 5.62. The van der Waals surface area contributed by atoms with Crippen molar-refractivity contribution < 1.29 is 0 Å². The zero-order valence-electron chi connectivity index (χ0n) is 21.0. The van der Waals surface area contributed by atoms with Crippen molar-refractivity contribution in [2.24, 2.45) is 4.99 Å². The molecule has 0 fully saturated rings. The number of rotatable bonds is 11. The summed E-state index contributed by atoms with van der Waals surface area (Å²) >= 11 is 1.49. The average Bonchev–Trinajstić information content (AvgIpc) is 3.17. The summed E-state index contributed by atoms with van der Waals surface area (Å²) in [4.78, 5) is 22.9. The smallest absolute Gasteiger partial charge is 0.340 e. The van der Waals surface area contributed by atoms with Gasteiger partial charge in [0.05, 0.1) is 5.52 Å². The van der Waals surface area contributed by atoms with Crippen LogP contribution < -0.4 is 15.8 Å². The van der Waals surface area contributed by atoms with E-state index in [0.717, 1.165) is 42.7 Å².